The molecular weight excluding hydrogens is 476 g/mol. The first-order valence-corrected chi connectivity index (χ1v) is 14.4. The Morgan fingerprint density at radius 1 is 1.09 bits per heavy atom. The van der Waals surface area contributed by atoms with Crippen molar-refractivity contribution >= 4 is 46.1 Å². The molecule has 0 spiro atoms. The number of aromatic nitrogens is 1. The van der Waals surface area contributed by atoms with Gasteiger partial charge in [0.05, 0.1) is 4.91 Å². The van der Waals surface area contributed by atoms with E-state index in [0.29, 0.717) is 21.3 Å². The highest BCUT2D eigenvalue weighted by Gasteiger charge is 2.38. The summed E-state index contributed by atoms with van der Waals surface area (Å²) in [6.45, 7) is 6.27. The summed E-state index contributed by atoms with van der Waals surface area (Å²) in [7, 11) is 0. The van der Waals surface area contributed by atoms with Crippen molar-refractivity contribution in [3.63, 3.8) is 0 Å². The third-order valence-corrected chi connectivity index (χ3v) is 8.86. The number of anilines is 1. The molecular formula is C27H36N4O2S2. The number of nitriles is 1. The van der Waals surface area contributed by atoms with Gasteiger partial charge in [-0.15, -0.1) is 0 Å². The van der Waals surface area contributed by atoms with Crippen LogP contribution in [0.25, 0.3) is 6.08 Å². The van der Waals surface area contributed by atoms with Crippen LogP contribution in [-0.4, -0.2) is 38.8 Å². The van der Waals surface area contributed by atoms with Gasteiger partial charge in [-0.1, -0.05) is 69.4 Å². The average molecular weight is 513 g/mol. The van der Waals surface area contributed by atoms with Crippen LogP contribution in [-0.2, 0) is 11.3 Å². The Morgan fingerprint density at radius 3 is 2.37 bits per heavy atom. The normalized spacial score (nSPS) is 21.0. The lowest BCUT2D eigenvalue weighted by atomic mass is 9.94. The minimum Gasteiger partial charge on any atom is -0.357 e. The van der Waals surface area contributed by atoms with Crippen LogP contribution in [0.5, 0.6) is 0 Å². The summed E-state index contributed by atoms with van der Waals surface area (Å²) < 4.78 is 2.43. The van der Waals surface area contributed by atoms with Crippen LogP contribution in [0.15, 0.2) is 9.70 Å². The lowest BCUT2D eigenvalue weighted by Crippen LogP contribution is -2.39. The molecule has 0 aromatic carbocycles. The Labute approximate surface area is 218 Å². The molecule has 188 valence electrons. The predicted molar refractivity (Wildman–Crippen MR) is 148 cm³/mol. The molecule has 0 N–H and O–H groups in total. The molecule has 3 heterocycles. The second-order valence-corrected chi connectivity index (χ2v) is 11.6. The Kier molecular flexibility index (Phi) is 8.72. The van der Waals surface area contributed by atoms with Gasteiger partial charge in [0.15, 0.2) is 0 Å². The first-order chi connectivity index (χ1) is 17.0. The molecule has 0 bridgehead atoms. The maximum Gasteiger partial charge on any atom is 0.270 e. The number of nitrogens with zero attached hydrogens (tertiary/aromatic N) is 4. The van der Waals surface area contributed by atoms with Gasteiger partial charge in [0.25, 0.3) is 11.5 Å². The predicted octanol–water partition coefficient (Wildman–Crippen LogP) is 5.74. The third kappa shape index (κ3) is 5.36. The standard InChI is InChI=1S/C27H36N4O2S2/c1-3-4-16-30-24(29-14-10-5-6-11-15-29)21(19(2)22(18-28)25(30)32)17-23-26(33)31(27(34)35-23)20-12-8-7-9-13-20/h17,20H,3-16H2,1-2H3/b23-17+. The van der Waals surface area contributed by atoms with E-state index in [1.807, 2.05) is 17.9 Å². The Hall–Kier alpha value is -2.11. The molecule has 1 aromatic heterocycles. The minimum atomic E-state index is -0.218. The van der Waals surface area contributed by atoms with Crippen molar-refractivity contribution in [3.05, 3.63) is 31.9 Å². The number of thiocarbonyl (C=S) groups is 1. The molecule has 1 amide bonds. The van der Waals surface area contributed by atoms with E-state index in [0.717, 1.165) is 75.8 Å². The van der Waals surface area contributed by atoms with E-state index in [9.17, 15) is 14.9 Å². The fourth-order valence-electron chi connectivity index (χ4n) is 5.56. The fourth-order valence-corrected chi connectivity index (χ4v) is 6.94. The van der Waals surface area contributed by atoms with E-state index in [2.05, 4.69) is 17.9 Å². The van der Waals surface area contributed by atoms with E-state index in [1.165, 1.54) is 31.0 Å². The van der Waals surface area contributed by atoms with Crippen LogP contribution < -0.4 is 10.5 Å². The van der Waals surface area contributed by atoms with Crippen LogP contribution in [0, 0.1) is 18.3 Å². The lowest BCUT2D eigenvalue weighted by Gasteiger charge is -2.30. The molecule has 8 heteroatoms. The van der Waals surface area contributed by atoms with E-state index in [4.69, 9.17) is 12.2 Å². The number of unbranched alkanes of at least 4 members (excludes halogenated alkanes) is 1. The van der Waals surface area contributed by atoms with Crippen molar-refractivity contribution in [2.45, 2.75) is 97.1 Å². The van der Waals surface area contributed by atoms with Crippen LogP contribution in [0.2, 0.25) is 0 Å². The summed E-state index contributed by atoms with van der Waals surface area (Å²) in [5, 5.41) is 9.89. The second kappa shape index (κ2) is 11.7. The first-order valence-electron chi connectivity index (χ1n) is 13.2. The zero-order valence-electron chi connectivity index (χ0n) is 21.0. The maximum atomic E-state index is 13.6. The number of hydrogen-bond acceptors (Lipinski definition) is 6. The molecule has 3 aliphatic rings. The van der Waals surface area contributed by atoms with Crippen LogP contribution in [0.3, 0.4) is 0 Å². The number of amides is 1. The Bertz CT molecular complexity index is 1100. The average Bonchev–Trinajstić information content (AvgIpc) is 3.01. The fraction of sp³-hybridized carbons (Fsp3) is 0.630. The van der Waals surface area contributed by atoms with Crippen molar-refractivity contribution in [1.29, 1.82) is 5.26 Å². The highest BCUT2D eigenvalue weighted by atomic mass is 32.2. The molecule has 1 aromatic rings. The van der Waals surface area contributed by atoms with Crippen molar-refractivity contribution in [3.8, 4) is 6.07 Å². The summed E-state index contributed by atoms with van der Waals surface area (Å²) in [5.41, 5.74) is 1.44. The number of thioether (sulfide) groups is 1. The topological polar surface area (TPSA) is 69.3 Å². The SMILES string of the molecule is CCCCn1c(N2CCCCCC2)c(/C=C2/SC(=S)N(C3CCCCC3)C2=O)c(C)c(C#N)c1=O. The lowest BCUT2D eigenvalue weighted by molar-refractivity contribution is -0.124. The molecule has 0 radical (unpaired) electrons. The number of pyridine rings is 1. The summed E-state index contributed by atoms with van der Waals surface area (Å²) in [4.78, 5) is 31.7. The van der Waals surface area contributed by atoms with E-state index in [1.54, 1.807) is 4.57 Å². The number of carbonyl (C=O) groups excluding carboxylic acids is 1. The third-order valence-electron chi connectivity index (χ3n) is 7.53. The zero-order valence-corrected chi connectivity index (χ0v) is 22.6. The van der Waals surface area contributed by atoms with Gasteiger partial charge in [-0.2, -0.15) is 5.26 Å². The molecule has 35 heavy (non-hydrogen) atoms. The van der Waals surface area contributed by atoms with E-state index < -0.39 is 0 Å². The summed E-state index contributed by atoms with van der Waals surface area (Å²) in [5.74, 6) is 0.836. The van der Waals surface area contributed by atoms with Gasteiger partial charge in [-0.05, 0) is 50.7 Å². The van der Waals surface area contributed by atoms with Gasteiger partial charge in [-0.25, -0.2) is 0 Å². The number of hydrogen-bond donors (Lipinski definition) is 0. The number of carbonyl (C=O) groups is 1. The second-order valence-electron chi connectivity index (χ2n) is 9.90. The molecule has 0 unspecified atom stereocenters. The smallest absolute Gasteiger partial charge is 0.270 e. The van der Waals surface area contributed by atoms with Crippen molar-refractivity contribution in [2.75, 3.05) is 18.0 Å². The molecule has 3 fully saturated rings. The van der Waals surface area contributed by atoms with Crippen LogP contribution >= 0.6 is 24.0 Å². The summed E-state index contributed by atoms with van der Waals surface area (Å²) in [6, 6.07) is 2.34. The van der Waals surface area contributed by atoms with E-state index >= 15 is 0 Å². The van der Waals surface area contributed by atoms with E-state index in [-0.39, 0.29) is 23.1 Å². The van der Waals surface area contributed by atoms with Gasteiger partial charge < -0.3 is 4.90 Å². The zero-order chi connectivity index (χ0) is 24.9. The molecule has 4 rings (SSSR count). The van der Waals surface area contributed by atoms with Crippen LogP contribution in [0.4, 0.5) is 5.82 Å². The van der Waals surface area contributed by atoms with Gasteiger partial charge >= 0.3 is 0 Å². The van der Waals surface area contributed by atoms with Crippen molar-refractivity contribution < 1.29 is 4.79 Å². The molecule has 1 saturated carbocycles. The monoisotopic (exact) mass is 512 g/mol. The molecule has 6 nitrogen and oxygen atoms in total. The highest BCUT2D eigenvalue weighted by Crippen LogP contribution is 2.39. The minimum absolute atomic E-state index is 0.0297. The molecule has 0 atom stereocenters. The summed E-state index contributed by atoms with van der Waals surface area (Å²) in [6.07, 6.45) is 13.7. The van der Waals surface area contributed by atoms with Crippen LogP contribution in [0.1, 0.15) is 94.2 Å². The molecule has 2 aliphatic heterocycles. The first kappa shape index (κ1) is 26.0. The van der Waals surface area contributed by atoms with Gasteiger partial charge in [0.2, 0.25) is 0 Å². The Morgan fingerprint density at radius 2 is 1.74 bits per heavy atom. The molecule has 1 aliphatic carbocycles. The number of rotatable bonds is 6. The van der Waals surface area contributed by atoms with Crippen molar-refractivity contribution in [1.82, 2.24) is 9.47 Å². The highest BCUT2D eigenvalue weighted by molar-refractivity contribution is 8.26. The quantitative estimate of drug-likeness (QED) is 0.357. The van der Waals surface area contributed by atoms with Gasteiger partial charge in [0.1, 0.15) is 21.8 Å². The van der Waals surface area contributed by atoms with Gasteiger partial charge in [0, 0.05) is 31.2 Å². The van der Waals surface area contributed by atoms with Gasteiger partial charge in [-0.3, -0.25) is 19.1 Å². The Balaban J connectivity index is 1.84. The van der Waals surface area contributed by atoms with Crippen molar-refractivity contribution in [2.24, 2.45) is 0 Å². The largest absolute Gasteiger partial charge is 0.357 e. The summed E-state index contributed by atoms with van der Waals surface area (Å²) >= 11 is 7.02. The molecule has 2 saturated heterocycles. The maximum absolute atomic E-state index is 13.6.